The van der Waals surface area contributed by atoms with Gasteiger partial charge in [-0.3, -0.25) is 10.1 Å². The number of aliphatic imine (C=N–C) groups is 1. The third kappa shape index (κ3) is 5.41. The summed E-state index contributed by atoms with van der Waals surface area (Å²) in [5.41, 5.74) is 1.71. The molecule has 7 nitrogen and oxygen atoms in total. The molecule has 1 aromatic heterocycles. The highest BCUT2D eigenvalue weighted by molar-refractivity contribution is 8.14. The first-order valence-electron chi connectivity index (χ1n) is 10.5. The lowest BCUT2D eigenvalue weighted by Crippen LogP contribution is -2.39. The van der Waals surface area contributed by atoms with Crippen LogP contribution in [0.2, 0.25) is 0 Å². The molecule has 1 atom stereocenters. The second-order valence-corrected chi connectivity index (χ2v) is 9.71. The highest BCUT2D eigenvalue weighted by Crippen LogP contribution is 2.31. The van der Waals surface area contributed by atoms with Crippen LogP contribution in [0.3, 0.4) is 0 Å². The Bertz CT molecular complexity index is 922. The van der Waals surface area contributed by atoms with E-state index in [4.69, 9.17) is 4.99 Å². The van der Waals surface area contributed by atoms with Crippen molar-refractivity contribution >= 4 is 28.3 Å². The maximum absolute atomic E-state index is 11.0. The van der Waals surface area contributed by atoms with E-state index < -0.39 is 0 Å². The normalized spacial score (nSPS) is 18.2. The highest BCUT2D eigenvalue weighted by Gasteiger charge is 2.31. The monoisotopic (exact) mass is 429 g/mol. The molecule has 8 heteroatoms. The fraction of sp³-hybridized carbons (Fsp3) is 0.545. The molecule has 1 fully saturated rings. The Morgan fingerprint density at radius 3 is 2.70 bits per heavy atom. The van der Waals surface area contributed by atoms with Crippen LogP contribution in [0, 0.1) is 28.9 Å². The van der Waals surface area contributed by atoms with Crippen molar-refractivity contribution in [2.24, 2.45) is 16.8 Å². The number of benzene rings is 1. The van der Waals surface area contributed by atoms with Gasteiger partial charge in [0.15, 0.2) is 5.17 Å². The molecule has 3 rings (SSSR count). The number of hydrogen-bond acceptors (Lipinski definition) is 5. The second-order valence-electron chi connectivity index (χ2n) is 8.73. The van der Waals surface area contributed by atoms with Gasteiger partial charge in [0.2, 0.25) is 0 Å². The number of non-ortho nitro benzene ring substituents is 1. The Hall–Kier alpha value is -2.35. The number of aryl methyl sites for hydroxylation is 1. The molecule has 2 heterocycles. The molecule has 1 saturated heterocycles. The summed E-state index contributed by atoms with van der Waals surface area (Å²) in [4.78, 5) is 22.5. The largest absolute Gasteiger partial charge is 0.345 e. The van der Waals surface area contributed by atoms with E-state index in [2.05, 4.69) is 48.3 Å². The van der Waals surface area contributed by atoms with Gasteiger partial charge in [-0.1, -0.05) is 39.5 Å². The number of nitro benzene ring substituents is 1. The van der Waals surface area contributed by atoms with Crippen molar-refractivity contribution in [1.29, 1.82) is 0 Å². The number of imidazole rings is 1. The molecule has 2 aromatic rings. The predicted octanol–water partition coefficient (Wildman–Crippen LogP) is 5.06. The minimum atomic E-state index is -0.366. The lowest BCUT2D eigenvalue weighted by atomic mass is 10.1. The molecule has 1 aliphatic heterocycles. The van der Waals surface area contributed by atoms with Crippen LogP contribution in [0.15, 0.2) is 35.6 Å². The fourth-order valence-corrected chi connectivity index (χ4v) is 4.82. The molecule has 0 aliphatic carbocycles. The lowest BCUT2D eigenvalue weighted by molar-refractivity contribution is -0.384. The predicted molar refractivity (Wildman–Crippen MR) is 123 cm³/mol. The molecule has 30 heavy (non-hydrogen) atoms. The van der Waals surface area contributed by atoms with Gasteiger partial charge in [0, 0.05) is 49.8 Å². The first-order valence-corrected chi connectivity index (χ1v) is 11.5. The van der Waals surface area contributed by atoms with Gasteiger partial charge in [0.1, 0.15) is 5.82 Å². The molecular formula is C22H31N5O2S. The van der Waals surface area contributed by atoms with Crippen molar-refractivity contribution in [2.75, 3.05) is 12.3 Å². The molecule has 1 aliphatic rings. The molecule has 1 aromatic carbocycles. The van der Waals surface area contributed by atoms with Crippen LogP contribution in [0.1, 0.15) is 39.1 Å². The molecule has 0 radical (unpaired) electrons. The summed E-state index contributed by atoms with van der Waals surface area (Å²) in [6.45, 7) is 12.6. The van der Waals surface area contributed by atoms with Crippen molar-refractivity contribution in [3.05, 3.63) is 52.1 Å². The molecule has 162 valence electrons. The van der Waals surface area contributed by atoms with Gasteiger partial charge in [0.25, 0.3) is 5.69 Å². The maximum atomic E-state index is 11.0. The maximum Gasteiger partial charge on any atom is 0.269 e. The van der Waals surface area contributed by atoms with Crippen molar-refractivity contribution in [3.8, 4) is 0 Å². The molecule has 0 amide bonds. The summed E-state index contributed by atoms with van der Waals surface area (Å²) in [6, 6.07) is 5.21. The van der Waals surface area contributed by atoms with Crippen molar-refractivity contribution in [2.45, 2.75) is 53.6 Å². The zero-order valence-electron chi connectivity index (χ0n) is 18.4. The summed E-state index contributed by atoms with van der Waals surface area (Å²) in [6.07, 6.45) is 4.94. The summed E-state index contributed by atoms with van der Waals surface area (Å²) < 4.78 is 2.28. The Morgan fingerprint density at radius 2 is 2.07 bits per heavy atom. The quantitative estimate of drug-likeness (QED) is 0.433. The van der Waals surface area contributed by atoms with Crippen LogP contribution < -0.4 is 0 Å². The van der Waals surface area contributed by atoms with Crippen LogP contribution >= 0.6 is 11.8 Å². The van der Waals surface area contributed by atoms with Crippen molar-refractivity contribution < 1.29 is 4.92 Å². The molecule has 0 saturated carbocycles. The minimum absolute atomic E-state index is 0.102. The Morgan fingerprint density at radius 1 is 1.30 bits per heavy atom. The highest BCUT2D eigenvalue weighted by atomic mass is 32.2. The third-order valence-electron chi connectivity index (χ3n) is 5.06. The van der Waals surface area contributed by atoms with E-state index in [1.807, 2.05) is 13.1 Å². The van der Waals surface area contributed by atoms with Crippen molar-refractivity contribution in [3.63, 3.8) is 0 Å². The number of amidine groups is 1. The van der Waals surface area contributed by atoms with Gasteiger partial charge < -0.3 is 9.47 Å². The Balaban J connectivity index is 1.84. The van der Waals surface area contributed by atoms with Gasteiger partial charge in [-0.15, -0.1) is 0 Å². The van der Waals surface area contributed by atoms with Gasteiger partial charge in [-0.2, -0.15) is 0 Å². The number of thioether (sulfide) groups is 1. The fourth-order valence-electron chi connectivity index (χ4n) is 3.64. The molecular weight excluding hydrogens is 398 g/mol. The van der Waals surface area contributed by atoms with E-state index in [1.165, 1.54) is 6.07 Å². The second kappa shape index (κ2) is 9.64. The number of hydrogen-bond donors (Lipinski definition) is 0. The third-order valence-corrected chi connectivity index (χ3v) is 6.20. The lowest BCUT2D eigenvalue weighted by Gasteiger charge is -2.28. The zero-order chi connectivity index (χ0) is 21.8. The standard InChI is InChI=1S/C22H31N5O2S/c1-15(2)10-21-23-8-9-25(21)13-19-14-30-22(26(19)12-16(3)4)24-20-7-6-18(27(28)29)11-17(20)5/h6-9,11,15-16,19H,10,12-14H2,1-5H3/t19-/m0/s1. The van der Waals surface area contributed by atoms with E-state index in [0.29, 0.717) is 17.9 Å². The molecule has 0 N–H and O–H groups in total. The van der Waals surface area contributed by atoms with E-state index >= 15 is 0 Å². The number of nitro groups is 1. The van der Waals surface area contributed by atoms with E-state index in [-0.39, 0.29) is 10.6 Å². The smallest absolute Gasteiger partial charge is 0.269 e. The molecule has 0 spiro atoms. The summed E-state index contributed by atoms with van der Waals surface area (Å²) in [5.74, 6) is 3.18. The topological polar surface area (TPSA) is 76.6 Å². The number of rotatable bonds is 8. The minimum Gasteiger partial charge on any atom is -0.345 e. The van der Waals surface area contributed by atoms with Gasteiger partial charge in [-0.05, 0) is 30.4 Å². The van der Waals surface area contributed by atoms with Gasteiger partial charge in [-0.25, -0.2) is 9.98 Å². The summed E-state index contributed by atoms with van der Waals surface area (Å²) in [5, 5.41) is 12.0. The summed E-state index contributed by atoms with van der Waals surface area (Å²) >= 11 is 1.76. The van der Waals surface area contributed by atoms with Crippen LogP contribution in [-0.2, 0) is 13.0 Å². The summed E-state index contributed by atoms with van der Waals surface area (Å²) in [7, 11) is 0. The van der Waals surface area contributed by atoms with Gasteiger partial charge >= 0.3 is 0 Å². The van der Waals surface area contributed by atoms with Crippen LogP contribution in [0.4, 0.5) is 11.4 Å². The van der Waals surface area contributed by atoms with Crippen LogP contribution in [0.5, 0.6) is 0 Å². The van der Waals surface area contributed by atoms with E-state index in [0.717, 1.165) is 47.5 Å². The van der Waals surface area contributed by atoms with Crippen LogP contribution in [0.25, 0.3) is 0 Å². The Labute approximate surface area is 182 Å². The number of nitrogens with zero attached hydrogens (tertiary/aromatic N) is 5. The molecule has 0 unspecified atom stereocenters. The zero-order valence-corrected chi connectivity index (χ0v) is 19.2. The average Bonchev–Trinajstić information content (AvgIpc) is 3.24. The van der Waals surface area contributed by atoms with Crippen molar-refractivity contribution in [1.82, 2.24) is 14.5 Å². The Kier molecular flexibility index (Phi) is 7.18. The molecule has 0 bridgehead atoms. The number of aromatic nitrogens is 2. The SMILES string of the molecule is Cc1cc([N+](=O)[O-])ccc1N=C1SC[C@H](Cn2ccnc2CC(C)C)N1CC(C)C. The first-order chi connectivity index (χ1) is 14.2. The first kappa shape index (κ1) is 22.3. The van der Waals surface area contributed by atoms with Crippen LogP contribution in [-0.4, -0.2) is 42.9 Å². The van der Waals surface area contributed by atoms with E-state index in [1.54, 1.807) is 23.9 Å². The average molecular weight is 430 g/mol. The van der Waals surface area contributed by atoms with Gasteiger partial charge in [0.05, 0.1) is 16.7 Å². The van der Waals surface area contributed by atoms with E-state index in [9.17, 15) is 10.1 Å².